The Morgan fingerprint density at radius 2 is 1.63 bits per heavy atom. The van der Waals surface area contributed by atoms with Gasteiger partial charge in [0.1, 0.15) is 0 Å². The molecule has 0 aliphatic heterocycles. The summed E-state index contributed by atoms with van der Waals surface area (Å²) in [5.74, 6) is 1.92. The molecular formula is C14H27N5. The second-order valence-corrected chi connectivity index (χ2v) is 5.97. The summed E-state index contributed by atoms with van der Waals surface area (Å²) in [5, 5.41) is 8.74. The molecule has 0 radical (unpaired) electrons. The lowest BCUT2D eigenvalue weighted by atomic mass is 9.95. The third kappa shape index (κ3) is 2.85. The second-order valence-electron chi connectivity index (χ2n) is 5.97. The SMILES string of the molecule is CC(C)N(C)c1nnc(N(C)C2CCCCC2)n1C. The van der Waals surface area contributed by atoms with Crippen molar-refractivity contribution in [3.8, 4) is 0 Å². The largest absolute Gasteiger partial charge is 0.342 e. The third-order valence-corrected chi connectivity index (χ3v) is 4.36. The Balaban J connectivity index is 2.16. The number of rotatable bonds is 4. The Hall–Kier alpha value is -1.26. The van der Waals surface area contributed by atoms with Crippen LogP contribution in [0.3, 0.4) is 0 Å². The van der Waals surface area contributed by atoms with E-state index >= 15 is 0 Å². The molecule has 1 aliphatic carbocycles. The van der Waals surface area contributed by atoms with Gasteiger partial charge in [0.05, 0.1) is 0 Å². The van der Waals surface area contributed by atoms with Crippen LogP contribution < -0.4 is 9.80 Å². The van der Waals surface area contributed by atoms with Crippen molar-refractivity contribution >= 4 is 11.9 Å². The van der Waals surface area contributed by atoms with Gasteiger partial charge in [0.15, 0.2) is 0 Å². The fourth-order valence-corrected chi connectivity index (χ4v) is 2.79. The van der Waals surface area contributed by atoms with Crippen LogP contribution in [-0.2, 0) is 7.05 Å². The number of aromatic nitrogens is 3. The predicted octanol–water partition coefficient (Wildman–Crippen LogP) is 2.43. The van der Waals surface area contributed by atoms with Crippen LogP contribution in [0.15, 0.2) is 0 Å². The summed E-state index contributed by atoms with van der Waals surface area (Å²) in [4.78, 5) is 4.47. The van der Waals surface area contributed by atoms with E-state index in [0.29, 0.717) is 12.1 Å². The van der Waals surface area contributed by atoms with E-state index in [-0.39, 0.29) is 0 Å². The molecule has 19 heavy (non-hydrogen) atoms. The lowest BCUT2D eigenvalue weighted by Gasteiger charge is -2.32. The van der Waals surface area contributed by atoms with Gasteiger partial charge in [-0.25, -0.2) is 0 Å². The van der Waals surface area contributed by atoms with E-state index < -0.39 is 0 Å². The van der Waals surface area contributed by atoms with E-state index in [1.54, 1.807) is 0 Å². The van der Waals surface area contributed by atoms with Crippen molar-refractivity contribution in [3.05, 3.63) is 0 Å². The quantitative estimate of drug-likeness (QED) is 0.838. The molecule has 0 unspecified atom stereocenters. The van der Waals surface area contributed by atoms with Gasteiger partial charge in [-0.1, -0.05) is 19.3 Å². The molecule has 5 heteroatoms. The van der Waals surface area contributed by atoms with Crippen molar-refractivity contribution in [1.29, 1.82) is 0 Å². The molecule has 0 saturated heterocycles. The van der Waals surface area contributed by atoms with Gasteiger partial charge in [-0.05, 0) is 26.7 Å². The minimum atomic E-state index is 0.427. The summed E-state index contributed by atoms with van der Waals surface area (Å²) in [6.07, 6.45) is 6.61. The Kier molecular flexibility index (Phi) is 4.32. The minimum absolute atomic E-state index is 0.427. The van der Waals surface area contributed by atoms with Gasteiger partial charge in [0, 0.05) is 33.2 Å². The first-order valence-electron chi connectivity index (χ1n) is 7.37. The zero-order valence-electron chi connectivity index (χ0n) is 12.9. The molecular weight excluding hydrogens is 238 g/mol. The molecule has 1 fully saturated rings. The summed E-state index contributed by atoms with van der Waals surface area (Å²) in [7, 11) is 6.28. The van der Waals surface area contributed by atoms with E-state index in [2.05, 4.69) is 59.6 Å². The van der Waals surface area contributed by atoms with Crippen molar-refractivity contribution in [3.63, 3.8) is 0 Å². The summed E-state index contributed by atoms with van der Waals surface area (Å²) in [5.41, 5.74) is 0. The first-order valence-corrected chi connectivity index (χ1v) is 7.37. The molecule has 0 amide bonds. The normalized spacial score (nSPS) is 16.9. The standard InChI is InChI=1S/C14H27N5/c1-11(2)17(3)13-15-16-14(19(13)5)18(4)12-9-7-6-8-10-12/h11-12H,6-10H2,1-5H3. The van der Waals surface area contributed by atoms with Gasteiger partial charge in [-0.15, -0.1) is 10.2 Å². The molecule has 1 aromatic heterocycles. The van der Waals surface area contributed by atoms with Crippen molar-refractivity contribution in [2.45, 2.75) is 58.0 Å². The number of nitrogens with zero attached hydrogens (tertiary/aromatic N) is 5. The fraction of sp³-hybridized carbons (Fsp3) is 0.857. The van der Waals surface area contributed by atoms with Gasteiger partial charge >= 0.3 is 0 Å². The Morgan fingerprint density at radius 1 is 1.05 bits per heavy atom. The highest BCUT2D eigenvalue weighted by Crippen LogP contribution is 2.26. The molecule has 0 aromatic carbocycles. The highest BCUT2D eigenvalue weighted by molar-refractivity contribution is 5.41. The smallest absolute Gasteiger partial charge is 0.228 e. The molecule has 0 N–H and O–H groups in total. The Bertz CT molecular complexity index is 406. The van der Waals surface area contributed by atoms with Gasteiger partial charge in [0.2, 0.25) is 11.9 Å². The molecule has 2 rings (SSSR count). The zero-order valence-corrected chi connectivity index (χ0v) is 12.9. The molecule has 0 bridgehead atoms. The number of hydrogen-bond donors (Lipinski definition) is 0. The topological polar surface area (TPSA) is 37.2 Å². The molecule has 0 atom stereocenters. The maximum atomic E-state index is 4.39. The first-order chi connectivity index (χ1) is 9.02. The second kappa shape index (κ2) is 5.80. The van der Waals surface area contributed by atoms with Crippen LogP contribution in [0.5, 0.6) is 0 Å². The Labute approximate surface area is 116 Å². The molecule has 5 nitrogen and oxygen atoms in total. The van der Waals surface area contributed by atoms with Crippen LogP contribution >= 0.6 is 0 Å². The van der Waals surface area contributed by atoms with E-state index in [4.69, 9.17) is 0 Å². The van der Waals surface area contributed by atoms with E-state index in [1.807, 2.05) is 0 Å². The lowest BCUT2D eigenvalue weighted by Crippen LogP contribution is -2.35. The first kappa shape index (κ1) is 14.2. The van der Waals surface area contributed by atoms with Crippen LogP contribution in [0.2, 0.25) is 0 Å². The zero-order chi connectivity index (χ0) is 14.0. The molecule has 0 spiro atoms. The van der Waals surface area contributed by atoms with E-state index in [9.17, 15) is 0 Å². The highest BCUT2D eigenvalue weighted by atomic mass is 15.5. The maximum Gasteiger partial charge on any atom is 0.228 e. The molecule has 1 saturated carbocycles. The van der Waals surface area contributed by atoms with Crippen LogP contribution in [-0.4, -0.2) is 40.9 Å². The summed E-state index contributed by atoms with van der Waals surface area (Å²) >= 11 is 0. The summed E-state index contributed by atoms with van der Waals surface area (Å²) in [6, 6.07) is 1.05. The average Bonchev–Trinajstić information content (AvgIpc) is 2.79. The van der Waals surface area contributed by atoms with Crippen LogP contribution in [0.25, 0.3) is 0 Å². The number of anilines is 2. The van der Waals surface area contributed by atoms with Crippen molar-refractivity contribution < 1.29 is 0 Å². The van der Waals surface area contributed by atoms with Crippen LogP contribution in [0.1, 0.15) is 46.0 Å². The predicted molar refractivity (Wildman–Crippen MR) is 79.8 cm³/mol. The highest BCUT2D eigenvalue weighted by Gasteiger charge is 2.23. The van der Waals surface area contributed by atoms with Crippen molar-refractivity contribution in [1.82, 2.24) is 14.8 Å². The van der Waals surface area contributed by atoms with Gasteiger partial charge in [-0.3, -0.25) is 4.57 Å². The van der Waals surface area contributed by atoms with Gasteiger partial charge in [0.25, 0.3) is 0 Å². The fourth-order valence-electron chi connectivity index (χ4n) is 2.79. The molecule has 1 aromatic rings. The van der Waals surface area contributed by atoms with Crippen molar-refractivity contribution in [2.75, 3.05) is 23.9 Å². The maximum absolute atomic E-state index is 4.39. The Morgan fingerprint density at radius 3 is 2.21 bits per heavy atom. The monoisotopic (exact) mass is 265 g/mol. The molecule has 1 heterocycles. The minimum Gasteiger partial charge on any atom is -0.342 e. The van der Waals surface area contributed by atoms with Gasteiger partial charge < -0.3 is 9.80 Å². The molecule has 108 valence electrons. The average molecular weight is 265 g/mol. The van der Waals surface area contributed by atoms with E-state index in [1.165, 1.54) is 32.1 Å². The lowest BCUT2D eigenvalue weighted by molar-refractivity contribution is 0.422. The van der Waals surface area contributed by atoms with Crippen LogP contribution in [0, 0.1) is 0 Å². The van der Waals surface area contributed by atoms with Gasteiger partial charge in [-0.2, -0.15) is 0 Å². The van der Waals surface area contributed by atoms with Crippen LogP contribution in [0.4, 0.5) is 11.9 Å². The summed E-state index contributed by atoms with van der Waals surface area (Å²) < 4.78 is 2.11. The third-order valence-electron chi connectivity index (χ3n) is 4.36. The molecule has 1 aliphatic rings. The summed E-state index contributed by atoms with van der Waals surface area (Å²) in [6.45, 7) is 4.33. The van der Waals surface area contributed by atoms with E-state index in [0.717, 1.165) is 11.9 Å². The van der Waals surface area contributed by atoms with Crippen molar-refractivity contribution in [2.24, 2.45) is 7.05 Å². The number of hydrogen-bond acceptors (Lipinski definition) is 4.